The van der Waals surface area contributed by atoms with Crippen LogP contribution in [0.1, 0.15) is 30.9 Å². The molecule has 1 aliphatic heterocycles. The highest BCUT2D eigenvalue weighted by Gasteiger charge is 2.25. The number of nitrogens with one attached hydrogen (secondary N) is 1. The Morgan fingerprint density at radius 1 is 1.37 bits per heavy atom. The number of benzene rings is 1. The molecule has 146 valence electrons. The number of guanidine groups is 1. The summed E-state index contributed by atoms with van der Waals surface area (Å²) >= 11 is 3.54. The van der Waals surface area contributed by atoms with Crippen LogP contribution in [0.2, 0.25) is 0 Å². The van der Waals surface area contributed by atoms with Crippen molar-refractivity contribution >= 4 is 21.9 Å². The molecule has 0 spiro atoms. The molecule has 2 aromatic rings. The molecule has 1 N–H and O–H groups in total. The molecule has 0 bridgehead atoms. The number of aryl methyl sites for hydroxylation is 2. The van der Waals surface area contributed by atoms with Gasteiger partial charge in [-0.1, -0.05) is 28.1 Å². The minimum Gasteiger partial charge on any atom is -0.357 e. The maximum absolute atomic E-state index is 4.88. The van der Waals surface area contributed by atoms with E-state index >= 15 is 0 Å². The third-order valence-electron chi connectivity index (χ3n) is 4.98. The first kappa shape index (κ1) is 19.9. The Bertz CT molecular complexity index is 755. The van der Waals surface area contributed by atoms with E-state index in [1.165, 1.54) is 17.5 Å². The maximum Gasteiger partial charge on any atom is 0.193 e. The van der Waals surface area contributed by atoms with Crippen molar-refractivity contribution in [2.45, 2.75) is 32.6 Å². The molecule has 1 unspecified atom stereocenters. The summed E-state index contributed by atoms with van der Waals surface area (Å²) in [5, 5.41) is 7.76. The van der Waals surface area contributed by atoms with Gasteiger partial charge in [-0.25, -0.2) is 0 Å². The lowest BCUT2D eigenvalue weighted by atomic mass is 10.0. The molecule has 1 saturated heterocycles. The molecule has 0 aliphatic carbocycles. The number of halogens is 1. The number of hydrogen-bond acceptors (Lipinski definition) is 2. The fourth-order valence-corrected chi connectivity index (χ4v) is 4.14. The number of hydrogen-bond donors (Lipinski definition) is 1. The summed E-state index contributed by atoms with van der Waals surface area (Å²) in [5.41, 5.74) is 2.70. The number of likely N-dealkylation sites (tertiary alicyclic amines) is 1. The van der Waals surface area contributed by atoms with Crippen LogP contribution in [-0.2, 0) is 19.9 Å². The SMILES string of the molecule is CCNC(=NCCCc1cccc(Br)c1)N1CCC(Cc2cnn(C)c2)C1. The quantitative estimate of drug-likeness (QED) is 0.413. The van der Waals surface area contributed by atoms with Crippen molar-refractivity contribution < 1.29 is 0 Å². The number of aliphatic imine (C=N–C) groups is 1. The monoisotopic (exact) mass is 431 g/mol. The van der Waals surface area contributed by atoms with Gasteiger partial charge in [0.25, 0.3) is 0 Å². The van der Waals surface area contributed by atoms with Crippen molar-refractivity contribution in [3.8, 4) is 0 Å². The van der Waals surface area contributed by atoms with Gasteiger partial charge in [-0.2, -0.15) is 5.10 Å². The smallest absolute Gasteiger partial charge is 0.193 e. The number of aromatic nitrogens is 2. The Labute approximate surface area is 171 Å². The molecule has 1 aromatic heterocycles. The van der Waals surface area contributed by atoms with Gasteiger partial charge in [0.1, 0.15) is 0 Å². The van der Waals surface area contributed by atoms with E-state index in [-0.39, 0.29) is 0 Å². The predicted molar refractivity (Wildman–Crippen MR) is 115 cm³/mol. The zero-order valence-corrected chi connectivity index (χ0v) is 18.0. The van der Waals surface area contributed by atoms with Crippen molar-refractivity contribution in [2.75, 3.05) is 26.2 Å². The summed E-state index contributed by atoms with van der Waals surface area (Å²) in [6, 6.07) is 8.54. The van der Waals surface area contributed by atoms with Crippen LogP contribution in [0.3, 0.4) is 0 Å². The van der Waals surface area contributed by atoms with Gasteiger partial charge >= 0.3 is 0 Å². The Hall–Kier alpha value is -1.82. The summed E-state index contributed by atoms with van der Waals surface area (Å²) < 4.78 is 3.03. The molecular weight excluding hydrogens is 402 g/mol. The second-order valence-corrected chi connectivity index (χ2v) is 8.21. The zero-order valence-electron chi connectivity index (χ0n) is 16.4. The van der Waals surface area contributed by atoms with Gasteiger partial charge in [0.05, 0.1) is 6.20 Å². The average Bonchev–Trinajstić information content (AvgIpc) is 3.27. The lowest BCUT2D eigenvalue weighted by Crippen LogP contribution is -2.40. The third kappa shape index (κ3) is 6.09. The first-order chi connectivity index (χ1) is 13.1. The van der Waals surface area contributed by atoms with Gasteiger partial charge in [-0.15, -0.1) is 0 Å². The van der Waals surface area contributed by atoms with Gasteiger partial charge in [0, 0.05) is 43.9 Å². The molecule has 1 fully saturated rings. The Morgan fingerprint density at radius 2 is 2.26 bits per heavy atom. The second kappa shape index (κ2) is 9.93. The molecule has 0 amide bonds. The van der Waals surface area contributed by atoms with Crippen molar-refractivity contribution in [3.05, 3.63) is 52.3 Å². The predicted octanol–water partition coefficient (Wildman–Crippen LogP) is 3.65. The minimum atomic E-state index is 0.680. The maximum atomic E-state index is 4.88. The van der Waals surface area contributed by atoms with E-state index in [9.17, 15) is 0 Å². The highest BCUT2D eigenvalue weighted by molar-refractivity contribution is 9.10. The van der Waals surface area contributed by atoms with E-state index < -0.39 is 0 Å². The summed E-state index contributed by atoms with van der Waals surface area (Å²) in [5.74, 6) is 1.75. The van der Waals surface area contributed by atoms with E-state index in [1.54, 1.807) is 0 Å². The van der Waals surface area contributed by atoms with Crippen LogP contribution >= 0.6 is 15.9 Å². The van der Waals surface area contributed by atoms with Crippen molar-refractivity contribution in [2.24, 2.45) is 18.0 Å². The van der Waals surface area contributed by atoms with Gasteiger partial charge in [0.15, 0.2) is 5.96 Å². The van der Waals surface area contributed by atoms with E-state index in [4.69, 9.17) is 4.99 Å². The van der Waals surface area contributed by atoms with Gasteiger partial charge in [-0.3, -0.25) is 9.67 Å². The molecule has 3 rings (SSSR count). The minimum absolute atomic E-state index is 0.680. The fourth-order valence-electron chi connectivity index (χ4n) is 3.69. The molecule has 5 nitrogen and oxygen atoms in total. The summed E-state index contributed by atoms with van der Waals surface area (Å²) in [4.78, 5) is 7.30. The van der Waals surface area contributed by atoms with Crippen LogP contribution in [0, 0.1) is 5.92 Å². The summed E-state index contributed by atoms with van der Waals surface area (Å²) in [6.07, 6.45) is 8.57. The van der Waals surface area contributed by atoms with Crippen LogP contribution in [0.25, 0.3) is 0 Å². The third-order valence-corrected chi connectivity index (χ3v) is 5.47. The van der Waals surface area contributed by atoms with Crippen LogP contribution in [0.4, 0.5) is 0 Å². The topological polar surface area (TPSA) is 45.5 Å². The molecule has 2 heterocycles. The van der Waals surface area contributed by atoms with Crippen molar-refractivity contribution in [1.82, 2.24) is 20.0 Å². The molecule has 6 heteroatoms. The molecular formula is C21H30BrN5. The van der Waals surface area contributed by atoms with Gasteiger partial charge < -0.3 is 10.2 Å². The molecule has 1 atom stereocenters. The van der Waals surface area contributed by atoms with E-state index in [1.807, 2.05) is 17.9 Å². The Kier molecular flexibility index (Phi) is 7.33. The van der Waals surface area contributed by atoms with E-state index in [0.717, 1.165) is 55.9 Å². The van der Waals surface area contributed by atoms with E-state index in [2.05, 4.69) is 68.6 Å². The summed E-state index contributed by atoms with van der Waals surface area (Å²) in [6.45, 7) is 6.07. The Balaban J connectivity index is 1.49. The normalized spacial score (nSPS) is 17.5. The Morgan fingerprint density at radius 3 is 3.00 bits per heavy atom. The van der Waals surface area contributed by atoms with Crippen LogP contribution in [0.15, 0.2) is 46.1 Å². The molecule has 0 radical (unpaired) electrons. The lowest BCUT2D eigenvalue weighted by Gasteiger charge is -2.21. The number of rotatable bonds is 7. The lowest BCUT2D eigenvalue weighted by molar-refractivity contribution is 0.459. The molecule has 1 aliphatic rings. The van der Waals surface area contributed by atoms with Gasteiger partial charge in [0.2, 0.25) is 0 Å². The van der Waals surface area contributed by atoms with Crippen LogP contribution < -0.4 is 5.32 Å². The van der Waals surface area contributed by atoms with Gasteiger partial charge in [-0.05, 0) is 61.8 Å². The second-order valence-electron chi connectivity index (χ2n) is 7.30. The standard InChI is InChI=1S/C21H30BrN5/c1-3-23-21(24-10-5-7-17-6-4-8-20(22)13-17)27-11-9-18(16-27)12-19-14-25-26(2)15-19/h4,6,8,13-15,18H,3,5,7,9-12,16H2,1-2H3,(H,23,24). The van der Waals surface area contributed by atoms with Crippen LogP contribution in [0.5, 0.6) is 0 Å². The van der Waals surface area contributed by atoms with Crippen molar-refractivity contribution in [1.29, 1.82) is 0 Å². The largest absolute Gasteiger partial charge is 0.357 e. The van der Waals surface area contributed by atoms with Crippen LogP contribution in [-0.4, -0.2) is 46.8 Å². The summed E-state index contributed by atoms with van der Waals surface area (Å²) in [7, 11) is 1.98. The fraction of sp³-hybridized carbons (Fsp3) is 0.524. The first-order valence-corrected chi connectivity index (χ1v) is 10.7. The zero-order chi connectivity index (χ0) is 19.1. The first-order valence-electron chi connectivity index (χ1n) is 9.89. The van der Waals surface area contributed by atoms with Crippen molar-refractivity contribution in [3.63, 3.8) is 0 Å². The highest BCUT2D eigenvalue weighted by Crippen LogP contribution is 2.21. The molecule has 0 saturated carbocycles. The molecule has 27 heavy (non-hydrogen) atoms. The number of nitrogens with zero attached hydrogens (tertiary/aromatic N) is 4. The van der Waals surface area contributed by atoms with E-state index in [0.29, 0.717) is 5.92 Å². The average molecular weight is 432 g/mol. The molecule has 1 aromatic carbocycles. The highest BCUT2D eigenvalue weighted by atomic mass is 79.9.